The highest BCUT2D eigenvalue weighted by Gasteiger charge is 2.27. The zero-order chi connectivity index (χ0) is 14.8. The van der Waals surface area contributed by atoms with E-state index >= 15 is 0 Å². The Bertz CT molecular complexity index is 543. The number of hydrogen-bond acceptors (Lipinski definition) is 3. The molecule has 0 spiro atoms. The molecule has 1 N–H and O–H groups in total. The minimum Gasteiger partial charge on any atom is -0.355 e. The van der Waals surface area contributed by atoms with Crippen LogP contribution in [0.3, 0.4) is 0 Å². The average Bonchev–Trinajstić information content (AvgIpc) is 2.97. The Balaban J connectivity index is 1.79. The molecular weight excluding hydrogens is 274 g/mol. The normalized spacial score (nSPS) is 24.7. The Morgan fingerprint density at radius 2 is 2.20 bits per heavy atom. The summed E-state index contributed by atoms with van der Waals surface area (Å²) < 4.78 is 22.6. The van der Waals surface area contributed by atoms with E-state index in [4.69, 9.17) is 0 Å². The van der Waals surface area contributed by atoms with Gasteiger partial charge in [-0.2, -0.15) is 0 Å². The number of hydrogen-bond donors (Lipinski definition) is 1. The number of carbonyl (C=O) groups excluding carboxylic acids is 1. The van der Waals surface area contributed by atoms with Crippen molar-refractivity contribution >= 4 is 15.7 Å². The van der Waals surface area contributed by atoms with Gasteiger partial charge in [0.1, 0.15) is 0 Å². The molecular formula is C15H23NO3S. The standard InChI is InChI=1S/C15H23NO3S/c1-15(2,13-5-3-4-6-13)11-16-14(17)9-12-7-8-20(18,19)10-12/h5,7-8,12H,3-4,6,9-11H2,1-2H3,(H,16,17). The van der Waals surface area contributed by atoms with Crippen LogP contribution in [0.4, 0.5) is 0 Å². The van der Waals surface area contributed by atoms with Crippen molar-refractivity contribution in [2.24, 2.45) is 11.3 Å². The number of carbonyl (C=O) groups is 1. The quantitative estimate of drug-likeness (QED) is 0.791. The molecule has 0 aromatic rings. The van der Waals surface area contributed by atoms with Crippen molar-refractivity contribution in [3.63, 3.8) is 0 Å². The fourth-order valence-electron chi connectivity index (χ4n) is 2.80. The minimum atomic E-state index is -3.07. The number of sulfone groups is 1. The van der Waals surface area contributed by atoms with Gasteiger partial charge in [0, 0.05) is 29.7 Å². The summed E-state index contributed by atoms with van der Waals surface area (Å²) in [5, 5.41) is 4.17. The Hall–Kier alpha value is -1.10. The molecule has 0 radical (unpaired) electrons. The van der Waals surface area contributed by atoms with Crippen molar-refractivity contribution in [2.45, 2.75) is 39.5 Å². The molecule has 1 amide bonds. The van der Waals surface area contributed by atoms with E-state index < -0.39 is 9.84 Å². The van der Waals surface area contributed by atoms with Crippen LogP contribution < -0.4 is 5.32 Å². The Morgan fingerprint density at radius 3 is 2.75 bits per heavy atom. The minimum absolute atomic E-state index is 0.0102. The van der Waals surface area contributed by atoms with Gasteiger partial charge in [-0.3, -0.25) is 4.79 Å². The molecule has 0 bridgehead atoms. The zero-order valence-corrected chi connectivity index (χ0v) is 13.0. The number of allylic oxidation sites excluding steroid dienone is 2. The molecule has 1 atom stereocenters. The Labute approximate surface area is 121 Å². The van der Waals surface area contributed by atoms with Crippen LogP contribution in [0.15, 0.2) is 23.1 Å². The lowest BCUT2D eigenvalue weighted by Crippen LogP contribution is -2.35. The summed E-state index contributed by atoms with van der Waals surface area (Å²) in [4.78, 5) is 11.9. The monoisotopic (exact) mass is 297 g/mol. The smallest absolute Gasteiger partial charge is 0.220 e. The third-order valence-electron chi connectivity index (χ3n) is 4.09. The molecule has 4 nitrogen and oxygen atoms in total. The van der Waals surface area contributed by atoms with Crippen molar-refractivity contribution in [2.75, 3.05) is 12.3 Å². The topological polar surface area (TPSA) is 63.2 Å². The molecule has 1 heterocycles. The van der Waals surface area contributed by atoms with Gasteiger partial charge in [-0.1, -0.05) is 31.6 Å². The van der Waals surface area contributed by atoms with Crippen molar-refractivity contribution in [1.29, 1.82) is 0 Å². The van der Waals surface area contributed by atoms with Crippen molar-refractivity contribution < 1.29 is 13.2 Å². The summed E-state index contributed by atoms with van der Waals surface area (Å²) in [5.41, 5.74) is 1.41. The Kier molecular flexibility index (Phi) is 4.37. The van der Waals surface area contributed by atoms with E-state index in [2.05, 4.69) is 25.2 Å². The molecule has 1 aliphatic heterocycles. The predicted molar refractivity (Wildman–Crippen MR) is 79.8 cm³/mol. The maximum absolute atomic E-state index is 11.9. The summed E-state index contributed by atoms with van der Waals surface area (Å²) in [6.45, 7) is 4.90. The summed E-state index contributed by atoms with van der Waals surface area (Å²) in [6, 6.07) is 0. The molecule has 2 aliphatic rings. The second-order valence-corrected chi connectivity index (χ2v) is 8.34. The first-order chi connectivity index (χ1) is 9.28. The highest BCUT2D eigenvalue weighted by atomic mass is 32.2. The first-order valence-electron chi connectivity index (χ1n) is 7.16. The lowest BCUT2D eigenvalue weighted by molar-refractivity contribution is -0.121. The Morgan fingerprint density at radius 1 is 1.45 bits per heavy atom. The van der Waals surface area contributed by atoms with Crippen molar-refractivity contribution in [3.8, 4) is 0 Å². The molecule has 0 saturated heterocycles. The number of rotatable bonds is 5. The summed E-state index contributed by atoms with van der Waals surface area (Å²) in [7, 11) is -3.07. The second-order valence-electron chi connectivity index (χ2n) is 6.40. The first-order valence-corrected chi connectivity index (χ1v) is 8.87. The average molecular weight is 297 g/mol. The molecule has 1 aliphatic carbocycles. The molecule has 5 heteroatoms. The van der Waals surface area contributed by atoms with E-state index in [0.29, 0.717) is 6.54 Å². The molecule has 0 fully saturated rings. The van der Waals surface area contributed by atoms with Gasteiger partial charge < -0.3 is 5.32 Å². The van der Waals surface area contributed by atoms with E-state index in [1.54, 1.807) is 6.08 Å². The van der Waals surface area contributed by atoms with Crippen LogP contribution in [0.1, 0.15) is 39.5 Å². The highest BCUT2D eigenvalue weighted by molar-refractivity contribution is 7.94. The van der Waals surface area contributed by atoms with E-state index in [1.807, 2.05) is 0 Å². The molecule has 20 heavy (non-hydrogen) atoms. The summed E-state index contributed by atoms with van der Waals surface area (Å²) in [5.74, 6) is -0.174. The molecule has 2 rings (SSSR count). The molecule has 0 aromatic carbocycles. The zero-order valence-electron chi connectivity index (χ0n) is 12.2. The number of amides is 1. The predicted octanol–water partition coefficient (Wildman–Crippen LogP) is 2.19. The fraction of sp³-hybridized carbons (Fsp3) is 0.667. The molecule has 1 unspecified atom stereocenters. The van der Waals surface area contributed by atoms with Gasteiger partial charge in [-0.05, 0) is 19.3 Å². The van der Waals surface area contributed by atoms with Gasteiger partial charge in [0.15, 0.2) is 9.84 Å². The van der Waals surface area contributed by atoms with Crippen LogP contribution in [0.5, 0.6) is 0 Å². The first kappa shape index (κ1) is 15.3. The molecule has 0 saturated carbocycles. The fourth-order valence-corrected chi connectivity index (χ4v) is 4.19. The molecule has 0 aromatic heterocycles. The third-order valence-corrected chi connectivity index (χ3v) is 5.55. The lowest BCUT2D eigenvalue weighted by Gasteiger charge is -2.27. The number of nitrogens with one attached hydrogen (secondary N) is 1. The van der Waals surface area contributed by atoms with E-state index in [1.165, 1.54) is 17.4 Å². The van der Waals surface area contributed by atoms with Crippen LogP contribution in [0.25, 0.3) is 0 Å². The largest absolute Gasteiger partial charge is 0.355 e. The summed E-state index contributed by atoms with van der Waals surface area (Å²) >= 11 is 0. The van der Waals surface area contributed by atoms with Gasteiger partial charge >= 0.3 is 0 Å². The lowest BCUT2D eigenvalue weighted by atomic mass is 9.83. The van der Waals surface area contributed by atoms with Gasteiger partial charge in [-0.25, -0.2) is 8.42 Å². The highest BCUT2D eigenvalue weighted by Crippen LogP contribution is 2.34. The van der Waals surface area contributed by atoms with E-state index in [-0.39, 0.29) is 29.4 Å². The molecule has 112 valence electrons. The van der Waals surface area contributed by atoms with Crippen LogP contribution in [0.2, 0.25) is 0 Å². The van der Waals surface area contributed by atoms with Crippen LogP contribution in [-0.4, -0.2) is 26.6 Å². The van der Waals surface area contributed by atoms with Crippen LogP contribution in [-0.2, 0) is 14.6 Å². The van der Waals surface area contributed by atoms with Crippen molar-refractivity contribution in [3.05, 3.63) is 23.1 Å². The van der Waals surface area contributed by atoms with E-state index in [9.17, 15) is 13.2 Å². The van der Waals surface area contributed by atoms with Gasteiger partial charge in [0.25, 0.3) is 0 Å². The van der Waals surface area contributed by atoms with Crippen molar-refractivity contribution in [1.82, 2.24) is 5.32 Å². The maximum atomic E-state index is 11.9. The summed E-state index contributed by atoms with van der Waals surface area (Å²) in [6.07, 6.45) is 7.62. The maximum Gasteiger partial charge on any atom is 0.220 e. The van der Waals surface area contributed by atoms with Gasteiger partial charge in [0.05, 0.1) is 5.75 Å². The van der Waals surface area contributed by atoms with Crippen LogP contribution >= 0.6 is 0 Å². The van der Waals surface area contributed by atoms with Crippen LogP contribution in [0, 0.1) is 11.3 Å². The third kappa shape index (κ3) is 3.95. The SMILES string of the molecule is CC(C)(CNC(=O)CC1C=CS(=O)(=O)C1)C1=CCCC1. The second kappa shape index (κ2) is 5.72. The van der Waals surface area contributed by atoms with Gasteiger partial charge in [-0.15, -0.1) is 0 Å². The van der Waals surface area contributed by atoms with E-state index in [0.717, 1.165) is 12.8 Å². The van der Waals surface area contributed by atoms with Gasteiger partial charge in [0.2, 0.25) is 5.91 Å².